The first kappa shape index (κ1) is 55.9. The van der Waals surface area contributed by atoms with Crippen LogP contribution in [0.1, 0.15) is 136 Å². The molecule has 0 rings (SSSR count). The van der Waals surface area contributed by atoms with Gasteiger partial charge in [-0.05, 0) is 96.3 Å². The molecular weight excluding hydrogens is 765 g/mol. The number of likely N-dealkylation sites (N-methyl/N-ethyl adjacent to an activating group) is 1. The molecule has 0 aliphatic rings. The molecule has 0 fully saturated rings. The highest BCUT2D eigenvalue weighted by Gasteiger charge is 2.27. The average molecular weight is 847 g/mol. The first-order chi connectivity index (χ1) is 28.4. The van der Waals surface area contributed by atoms with Crippen molar-refractivity contribution in [3.05, 3.63) is 97.2 Å². The fraction of sp³-hybridized carbons (Fsp3) is 0.625. The second-order valence-corrected chi connectivity index (χ2v) is 17.0. The maximum Gasteiger partial charge on any atom is 0.472 e. The van der Waals surface area contributed by atoms with Gasteiger partial charge in [0.25, 0.3) is 0 Å². The number of carbonyl (C=O) groups is 2. The minimum absolute atomic E-state index is 0.00119. The van der Waals surface area contributed by atoms with E-state index < -0.39 is 32.5 Å². The molecule has 0 aromatic carbocycles. The number of carbonyl (C=O) groups excluding carboxylic acids is 2. The van der Waals surface area contributed by atoms with Crippen molar-refractivity contribution in [1.29, 1.82) is 0 Å². The summed E-state index contributed by atoms with van der Waals surface area (Å²) in [4.78, 5) is 35.3. The van der Waals surface area contributed by atoms with Gasteiger partial charge in [0.2, 0.25) is 0 Å². The molecule has 0 aliphatic heterocycles. The first-order valence-electron chi connectivity index (χ1n) is 22.0. The van der Waals surface area contributed by atoms with Gasteiger partial charge in [0, 0.05) is 12.8 Å². The molecule has 0 amide bonds. The largest absolute Gasteiger partial charge is 0.472 e. The summed E-state index contributed by atoms with van der Waals surface area (Å²) in [5.41, 5.74) is 0. The van der Waals surface area contributed by atoms with E-state index in [-0.39, 0.29) is 32.2 Å². The van der Waals surface area contributed by atoms with Crippen LogP contribution < -0.4 is 0 Å². The van der Waals surface area contributed by atoms with E-state index in [0.29, 0.717) is 30.3 Å². The number of quaternary nitrogens is 1. The van der Waals surface area contributed by atoms with Gasteiger partial charge in [0.1, 0.15) is 19.8 Å². The van der Waals surface area contributed by atoms with Gasteiger partial charge >= 0.3 is 19.8 Å². The van der Waals surface area contributed by atoms with E-state index in [9.17, 15) is 24.2 Å². The molecule has 0 spiro atoms. The summed E-state index contributed by atoms with van der Waals surface area (Å²) in [5, 5.41) is 9.57. The predicted molar refractivity (Wildman–Crippen MR) is 244 cm³/mol. The van der Waals surface area contributed by atoms with E-state index in [2.05, 4.69) is 92.0 Å². The number of unbranched alkanes of at least 4 members (excludes halogenated alkanes) is 5. The van der Waals surface area contributed by atoms with Gasteiger partial charge in [-0.25, -0.2) is 4.57 Å². The summed E-state index contributed by atoms with van der Waals surface area (Å²) in [6, 6.07) is 0. The number of allylic oxidation sites excluding steroid dienone is 16. The van der Waals surface area contributed by atoms with Crippen molar-refractivity contribution in [3.63, 3.8) is 0 Å². The molecule has 0 aliphatic carbocycles. The summed E-state index contributed by atoms with van der Waals surface area (Å²) >= 11 is 0. The van der Waals surface area contributed by atoms with Crippen LogP contribution in [0.2, 0.25) is 0 Å². The molecule has 59 heavy (non-hydrogen) atoms. The van der Waals surface area contributed by atoms with Crippen LogP contribution in [0.3, 0.4) is 0 Å². The number of rotatable bonds is 38. The molecule has 10 nitrogen and oxygen atoms in total. The van der Waals surface area contributed by atoms with E-state index in [1.54, 1.807) is 0 Å². The highest BCUT2D eigenvalue weighted by atomic mass is 31.2. The third-order valence-electron chi connectivity index (χ3n) is 8.75. The molecule has 336 valence electrons. The van der Waals surface area contributed by atoms with Crippen LogP contribution in [-0.4, -0.2) is 86.1 Å². The van der Waals surface area contributed by atoms with E-state index in [1.165, 1.54) is 25.7 Å². The average Bonchev–Trinajstić information content (AvgIpc) is 3.19. The Bertz CT molecular complexity index is 1340. The lowest BCUT2D eigenvalue weighted by molar-refractivity contribution is -0.870. The molecular formula is C48H81NO9P+. The molecule has 0 bridgehead atoms. The van der Waals surface area contributed by atoms with E-state index in [0.717, 1.165) is 64.2 Å². The van der Waals surface area contributed by atoms with Gasteiger partial charge in [0.05, 0.1) is 33.9 Å². The van der Waals surface area contributed by atoms with E-state index in [1.807, 2.05) is 40.2 Å². The Morgan fingerprint density at radius 1 is 0.593 bits per heavy atom. The molecule has 2 N–H and O–H groups in total. The fourth-order valence-electron chi connectivity index (χ4n) is 5.09. The lowest BCUT2D eigenvalue weighted by Crippen LogP contribution is -2.37. The van der Waals surface area contributed by atoms with Crippen molar-refractivity contribution in [1.82, 2.24) is 0 Å². The van der Waals surface area contributed by atoms with Crippen molar-refractivity contribution in [2.45, 2.75) is 148 Å². The summed E-state index contributed by atoms with van der Waals surface area (Å²) in [6.45, 7) is 3.94. The Hall–Kier alpha value is -3.11. The molecule has 1 unspecified atom stereocenters. The van der Waals surface area contributed by atoms with Crippen molar-refractivity contribution in [2.24, 2.45) is 0 Å². The third kappa shape index (κ3) is 42.8. The van der Waals surface area contributed by atoms with Crippen LogP contribution in [0.25, 0.3) is 0 Å². The zero-order valence-corrected chi connectivity index (χ0v) is 38.2. The van der Waals surface area contributed by atoms with Crippen LogP contribution in [0.4, 0.5) is 0 Å². The quantitative estimate of drug-likeness (QED) is 0.0205. The van der Waals surface area contributed by atoms with Gasteiger partial charge in [-0.2, -0.15) is 0 Å². The van der Waals surface area contributed by atoms with Gasteiger partial charge in [-0.1, -0.05) is 124 Å². The van der Waals surface area contributed by atoms with Crippen LogP contribution in [0, 0.1) is 0 Å². The first-order valence-corrected chi connectivity index (χ1v) is 23.5. The number of hydrogen-bond donors (Lipinski definition) is 2. The van der Waals surface area contributed by atoms with Crippen molar-refractivity contribution >= 4 is 19.8 Å². The molecule has 11 heteroatoms. The zero-order valence-electron chi connectivity index (χ0n) is 37.3. The van der Waals surface area contributed by atoms with Crippen LogP contribution >= 0.6 is 7.82 Å². The van der Waals surface area contributed by atoms with Gasteiger partial charge in [-0.3, -0.25) is 18.6 Å². The smallest absolute Gasteiger partial charge is 0.462 e. The number of hydrogen-bond acceptors (Lipinski definition) is 8. The molecule has 0 aromatic heterocycles. The Labute approximate surface area is 358 Å². The van der Waals surface area contributed by atoms with E-state index >= 15 is 0 Å². The maximum atomic E-state index is 12.7. The molecule has 0 saturated carbocycles. The zero-order chi connectivity index (χ0) is 43.7. The lowest BCUT2D eigenvalue weighted by Gasteiger charge is -2.24. The van der Waals surface area contributed by atoms with Crippen molar-refractivity contribution in [3.8, 4) is 0 Å². The molecule has 0 radical (unpaired) electrons. The number of aliphatic hydroxyl groups is 1. The third-order valence-corrected chi connectivity index (χ3v) is 9.73. The maximum absolute atomic E-state index is 12.7. The second kappa shape index (κ2) is 39.1. The standard InChI is InChI=1S/C48H80NO9P/c1-6-8-9-10-11-12-13-14-15-16-17-21-24-27-30-33-36-39-47(51)55-43-46(44-57-59(53,54)56-42-41-49(3,4)5)58-48(52)40-37-34-31-28-25-22-19-18-20-23-26-29-32-35-38-45(50)7-2/h11-12,14-15,17,19-23,27-32,45-46,50H,6-10,13,16,18,24-26,33-44H2,1-5H3/p+1/b12-11-,15-14-,21-17-,22-19-,23-20-,30-27-,31-28-,32-29-/t45-,46-/m1/s1. The molecule has 0 heterocycles. The number of aliphatic hydroxyl groups excluding tert-OH is 1. The Kier molecular flexibility index (Phi) is 37.0. The predicted octanol–water partition coefficient (Wildman–Crippen LogP) is 11.5. The summed E-state index contributed by atoms with van der Waals surface area (Å²) in [6.07, 6.45) is 48.4. The minimum Gasteiger partial charge on any atom is -0.462 e. The minimum atomic E-state index is -4.42. The summed E-state index contributed by atoms with van der Waals surface area (Å²) in [5.74, 6) is -0.960. The summed E-state index contributed by atoms with van der Waals surface area (Å²) < 4.78 is 34.1. The number of phosphoric ester groups is 1. The van der Waals surface area contributed by atoms with Crippen LogP contribution in [0.5, 0.6) is 0 Å². The fourth-order valence-corrected chi connectivity index (χ4v) is 5.84. The van der Waals surface area contributed by atoms with Crippen molar-refractivity contribution < 1.29 is 47.2 Å². The molecule has 0 aromatic rings. The van der Waals surface area contributed by atoms with Crippen molar-refractivity contribution in [2.75, 3.05) is 47.5 Å². The number of phosphoric acid groups is 1. The normalized spacial score (nSPS) is 15.0. The van der Waals surface area contributed by atoms with Gasteiger partial charge in [0.15, 0.2) is 6.10 Å². The highest BCUT2D eigenvalue weighted by molar-refractivity contribution is 7.47. The lowest BCUT2D eigenvalue weighted by atomic mass is 10.1. The Balaban J connectivity index is 4.59. The topological polar surface area (TPSA) is 129 Å². The molecule has 3 atom stereocenters. The number of nitrogens with zero attached hydrogens (tertiary/aromatic N) is 1. The number of ether oxygens (including phenoxy) is 2. The Morgan fingerprint density at radius 2 is 1.03 bits per heavy atom. The molecule has 0 saturated heterocycles. The summed E-state index contributed by atoms with van der Waals surface area (Å²) in [7, 11) is 1.37. The van der Waals surface area contributed by atoms with Gasteiger partial charge < -0.3 is 24.0 Å². The highest BCUT2D eigenvalue weighted by Crippen LogP contribution is 2.43. The van der Waals surface area contributed by atoms with Gasteiger partial charge in [-0.15, -0.1) is 0 Å². The van der Waals surface area contributed by atoms with E-state index in [4.69, 9.17) is 18.5 Å². The SMILES string of the molecule is CCCCC/C=C\C/C=C\C/C=C\C/C=C\CCCC(=O)OC[C@H](COP(=O)(O)OCC[N+](C)(C)C)OC(=O)CCC/C=C\C/C=C\C/C=C\C/C=C\CC[C@H](O)CC. The second-order valence-electron chi connectivity index (χ2n) is 15.5. The number of esters is 2. The van der Waals surface area contributed by atoms with Crippen LogP contribution in [0.15, 0.2) is 97.2 Å². The van der Waals surface area contributed by atoms with Crippen LogP contribution in [-0.2, 0) is 32.7 Å². The monoisotopic (exact) mass is 847 g/mol. The Morgan fingerprint density at radius 3 is 1.49 bits per heavy atom.